The molecule has 2 heterocycles. The lowest BCUT2D eigenvalue weighted by atomic mass is 9.98. The van der Waals surface area contributed by atoms with Crippen molar-refractivity contribution in [2.45, 2.75) is 5.92 Å². The van der Waals surface area contributed by atoms with Gasteiger partial charge in [0.05, 0.1) is 30.3 Å². The second-order valence-corrected chi connectivity index (χ2v) is 6.33. The van der Waals surface area contributed by atoms with E-state index in [1.54, 1.807) is 36.2 Å². The van der Waals surface area contributed by atoms with Crippen LogP contribution in [0.1, 0.15) is 11.5 Å². The van der Waals surface area contributed by atoms with Crippen LogP contribution in [-0.2, 0) is 4.74 Å². The number of hydrogen-bond acceptors (Lipinski definition) is 3. The third kappa shape index (κ3) is 2.89. The van der Waals surface area contributed by atoms with Gasteiger partial charge in [-0.1, -0.05) is 29.3 Å². The molecule has 1 saturated heterocycles. The molecule has 23 heavy (non-hydrogen) atoms. The summed E-state index contributed by atoms with van der Waals surface area (Å²) in [7, 11) is 3.23. The lowest BCUT2D eigenvalue weighted by Crippen LogP contribution is -2.34. The normalized spacial score (nSPS) is 20.1. The van der Waals surface area contributed by atoms with Gasteiger partial charge in [0.15, 0.2) is 0 Å². The summed E-state index contributed by atoms with van der Waals surface area (Å²) < 4.78 is 10.5. The van der Waals surface area contributed by atoms with Crippen LogP contribution in [0.25, 0.3) is 0 Å². The summed E-state index contributed by atoms with van der Waals surface area (Å²) >= 11 is 12.5. The molecule has 3 rings (SSSR count). The Morgan fingerprint density at radius 2 is 2.09 bits per heavy atom. The number of hydrogen-bond donors (Lipinski definition) is 0. The number of carbonyl (C=O) groups excluding carboxylic acids is 1. The van der Waals surface area contributed by atoms with E-state index in [1.807, 2.05) is 0 Å². The van der Waals surface area contributed by atoms with Crippen molar-refractivity contribution in [3.05, 3.63) is 39.5 Å². The van der Waals surface area contributed by atoms with Crippen molar-refractivity contribution in [1.29, 1.82) is 0 Å². The van der Waals surface area contributed by atoms with E-state index in [-0.39, 0.29) is 11.9 Å². The SMILES string of the molecule is COCCN1CC2=C[C@H](c3c(OC)ccc(Cl)c3Cl)CN2C1=O. The average Bonchev–Trinajstić information content (AvgIpc) is 3.07. The summed E-state index contributed by atoms with van der Waals surface area (Å²) in [5.41, 5.74) is 1.83. The Labute approximate surface area is 145 Å². The molecule has 1 aromatic carbocycles. The molecule has 5 nitrogen and oxygen atoms in total. The smallest absolute Gasteiger partial charge is 0.324 e. The van der Waals surface area contributed by atoms with Gasteiger partial charge in [0.2, 0.25) is 0 Å². The van der Waals surface area contributed by atoms with Crippen LogP contribution in [0.5, 0.6) is 5.75 Å². The van der Waals surface area contributed by atoms with Crippen LogP contribution in [0.15, 0.2) is 23.9 Å². The Morgan fingerprint density at radius 1 is 1.30 bits per heavy atom. The Hall–Kier alpha value is -1.43. The quantitative estimate of drug-likeness (QED) is 0.812. The molecule has 0 N–H and O–H groups in total. The third-order valence-electron chi connectivity index (χ3n) is 4.22. The summed E-state index contributed by atoms with van der Waals surface area (Å²) in [6.45, 7) is 2.27. The minimum Gasteiger partial charge on any atom is -0.496 e. The highest BCUT2D eigenvalue weighted by molar-refractivity contribution is 6.42. The van der Waals surface area contributed by atoms with Crippen LogP contribution in [0.4, 0.5) is 4.79 Å². The monoisotopic (exact) mass is 356 g/mol. The molecule has 1 fully saturated rings. The Bertz CT molecular complexity index is 663. The zero-order valence-electron chi connectivity index (χ0n) is 13.0. The van der Waals surface area contributed by atoms with Gasteiger partial charge in [0.1, 0.15) is 5.75 Å². The van der Waals surface area contributed by atoms with Crippen molar-refractivity contribution in [3.8, 4) is 5.75 Å². The van der Waals surface area contributed by atoms with Crippen molar-refractivity contribution in [2.24, 2.45) is 0 Å². The lowest BCUT2D eigenvalue weighted by Gasteiger charge is -2.20. The second kappa shape index (κ2) is 6.59. The fraction of sp³-hybridized carbons (Fsp3) is 0.438. The zero-order chi connectivity index (χ0) is 16.6. The Kier molecular flexibility index (Phi) is 4.71. The van der Waals surface area contributed by atoms with E-state index in [4.69, 9.17) is 32.7 Å². The largest absolute Gasteiger partial charge is 0.496 e. The molecule has 0 saturated carbocycles. The van der Waals surface area contributed by atoms with Crippen LogP contribution < -0.4 is 4.74 Å². The van der Waals surface area contributed by atoms with Crippen LogP contribution in [0.3, 0.4) is 0 Å². The van der Waals surface area contributed by atoms with Crippen molar-refractivity contribution in [1.82, 2.24) is 9.80 Å². The highest BCUT2D eigenvalue weighted by Crippen LogP contribution is 2.43. The Balaban J connectivity index is 1.86. The predicted molar refractivity (Wildman–Crippen MR) is 89.4 cm³/mol. The van der Waals surface area contributed by atoms with Gasteiger partial charge in [-0.3, -0.25) is 4.90 Å². The number of benzene rings is 1. The molecule has 2 amide bonds. The lowest BCUT2D eigenvalue weighted by molar-refractivity contribution is 0.154. The molecule has 0 unspecified atom stereocenters. The van der Waals surface area contributed by atoms with E-state index in [9.17, 15) is 4.79 Å². The first-order valence-electron chi connectivity index (χ1n) is 7.34. The summed E-state index contributed by atoms with van der Waals surface area (Å²) in [5.74, 6) is 0.672. The van der Waals surface area contributed by atoms with Gasteiger partial charge in [-0.25, -0.2) is 4.79 Å². The van der Waals surface area contributed by atoms with E-state index >= 15 is 0 Å². The highest BCUT2D eigenvalue weighted by atomic mass is 35.5. The Morgan fingerprint density at radius 3 is 2.74 bits per heavy atom. The molecule has 0 spiro atoms. The van der Waals surface area contributed by atoms with Gasteiger partial charge >= 0.3 is 6.03 Å². The van der Waals surface area contributed by atoms with Gasteiger partial charge in [-0.15, -0.1) is 0 Å². The average molecular weight is 357 g/mol. The molecule has 124 valence electrons. The summed E-state index contributed by atoms with van der Waals surface area (Å²) in [6, 6.07) is 3.53. The molecule has 1 atom stereocenters. The maximum absolute atomic E-state index is 12.4. The van der Waals surface area contributed by atoms with Crippen molar-refractivity contribution in [2.75, 3.05) is 40.5 Å². The minimum absolute atomic E-state index is 0.00733. The van der Waals surface area contributed by atoms with Crippen molar-refractivity contribution >= 4 is 29.2 Å². The van der Waals surface area contributed by atoms with Crippen molar-refractivity contribution < 1.29 is 14.3 Å². The topological polar surface area (TPSA) is 42.0 Å². The van der Waals surface area contributed by atoms with Crippen LogP contribution >= 0.6 is 23.2 Å². The highest BCUT2D eigenvalue weighted by Gasteiger charge is 2.39. The molecule has 1 aromatic rings. The number of fused-ring (bicyclic) bond motifs is 1. The number of ether oxygens (including phenoxy) is 2. The number of amides is 2. The zero-order valence-corrected chi connectivity index (χ0v) is 14.5. The van der Waals surface area contributed by atoms with Crippen LogP contribution in [-0.4, -0.2) is 56.3 Å². The van der Waals surface area contributed by atoms with E-state index in [0.717, 1.165) is 11.3 Å². The minimum atomic E-state index is -0.0142. The molecule has 7 heteroatoms. The van der Waals surface area contributed by atoms with E-state index in [1.165, 1.54) is 0 Å². The van der Waals surface area contributed by atoms with E-state index < -0.39 is 0 Å². The maximum atomic E-state index is 12.4. The summed E-state index contributed by atoms with van der Waals surface area (Å²) in [6.07, 6.45) is 2.07. The summed E-state index contributed by atoms with van der Waals surface area (Å²) in [5, 5.41) is 0.971. The van der Waals surface area contributed by atoms with Crippen molar-refractivity contribution in [3.63, 3.8) is 0 Å². The second-order valence-electron chi connectivity index (χ2n) is 5.55. The molecular weight excluding hydrogens is 339 g/mol. The van der Waals surface area contributed by atoms with Gasteiger partial charge in [0.25, 0.3) is 0 Å². The molecule has 0 aromatic heterocycles. The first kappa shape index (κ1) is 16.4. The van der Waals surface area contributed by atoms with E-state index in [2.05, 4.69) is 6.08 Å². The number of halogens is 2. The number of carbonyl (C=O) groups is 1. The van der Waals surface area contributed by atoms with Crippen LogP contribution in [0.2, 0.25) is 10.0 Å². The molecular formula is C16H18Cl2N2O3. The van der Waals surface area contributed by atoms with Crippen LogP contribution in [0, 0.1) is 0 Å². The molecule has 0 radical (unpaired) electrons. The number of methoxy groups -OCH3 is 2. The van der Waals surface area contributed by atoms with Gasteiger partial charge in [-0.2, -0.15) is 0 Å². The molecule has 2 aliphatic rings. The first-order chi connectivity index (χ1) is 11.1. The standard InChI is InChI=1S/C16H18Cl2N2O3/c1-22-6-5-19-9-11-7-10(8-20(11)16(19)21)14-13(23-2)4-3-12(17)15(14)18/h3-4,7,10H,5-6,8-9H2,1-2H3/t10-/m0/s1. The van der Waals surface area contributed by atoms with Gasteiger partial charge < -0.3 is 14.4 Å². The number of nitrogens with zero attached hydrogens (tertiary/aromatic N) is 2. The fourth-order valence-electron chi connectivity index (χ4n) is 3.08. The predicted octanol–water partition coefficient (Wildman–Crippen LogP) is 3.37. The van der Waals surface area contributed by atoms with E-state index in [0.29, 0.717) is 42.0 Å². The molecule has 2 aliphatic heterocycles. The van der Waals surface area contributed by atoms with Gasteiger partial charge in [-0.05, 0) is 12.1 Å². The maximum Gasteiger partial charge on any atom is 0.324 e. The molecule has 0 aliphatic carbocycles. The number of urea groups is 1. The third-order valence-corrected chi connectivity index (χ3v) is 5.04. The van der Waals surface area contributed by atoms with Gasteiger partial charge in [0, 0.05) is 37.4 Å². The number of rotatable bonds is 5. The fourth-order valence-corrected chi connectivity index (χ4v) is 3.55. The first-order valence-corrected chi connectivity index (χ1v) is 8.10. The summed E-state index contributed by atoms with van der Waals surface area (Å²) in [4.78, 5) is 16.0. The molecule has 0 bridgehead atoms.